The van der Waals surface area contributed by atoms with Gasteiger partial charge in [-0.25, -0.2) is 24.7 Å². The monoisotopic (exact) mass is 517 g/mol. The number of amides is 1. The quantitative estimate of drug-likeness (QED) is 0.400. The normalized spacial score (nSPS) is 18.9. The van der Waals surface area contributed by atoms with E-state index in [-0.39, 0.29) is 24.2 Å². The molecule has 13 heteroatoms. The maximum Gasteiger partial charge on any atom is 0.413 e. The van der Waals surface area contributed by atoms with Crippen LogP contribution in [0.1, 0.15) is 31.2 Å². The van der Waals surface area contributed by atoms with Crippen molar-refractivity contribution in [1.82, 2.24) is 24.9 Å². The minimum atomic E-state index is -0.541. The summed E-state index contributed by atoms with van der Waals surface area (Å²) in [5.74, 6) is 1.36. The summed E-state index contributed by atoms with van der Waals surface area (Å²) in [5, 5.41) is 18.6. The molecule has 3 aromatic rings. The molecule has 3 N–H and O–H groups in total. The highest BCUT2D eigenvalue weighted by molar-refractivity contribution is 5.83. The van der Waals surface area contributed by atoms with Crippen molar-refractivity contribution in [1.29, 1.82) is 5.26 Å². The first-order valence-corrected chi connectivity index (χ1v) is 12.3. The van der Waals surface area contributed by atoms with Crippen LogP contribution >= 0.6 is 0 Å². The number of carbonyl (C=O) groups excluding carboxylic acids is 1. The maximum absolute atomic E-state index is 12.4. The van der Waals surface area contributed by atoms with Gasteiger partial charge in [0.15, 0.2) is 0 Å². The molecule has 1 aliphatic carbocycles. The van der Waals surface area contributed by atoms with E-state index in [2.05, 4.69) is 46.9 Å². The van der Waals surface area contributed by atoms with Crippen LogP contribution in [0.4, 0.5) is 22.4 Å². The van der Waals surface area contributed by atoms with Crippen molar-refractivity contribution >= 4 is 23.7 Å². The van der Waals surface area contributed by atoms with Crippen molar-refractivity contribution in [3.8, 4) is 23.2 Å². The average molecular weight is 518 g/mol. The van der Waals surface area contributed by atoms with E-state index in [0.717, 1.165) is 24.0 Å². The lowest BCUT2D eigenvalue weighted by Crippen LogP contribution is -2.40. The molecule has 3 aromatic heterocycles. The first-order chi connectivity index (χ1) is 18.6. The predicted molar refractivity (Wildman–Crippen MR) is 137 cm³/mol. The van der Waals surface area contributed by atoms with Crippen LogP contribution in [0, 0.1) is 11.3 Å². The van der Waals surface area contributed by atoms with Crippen molar-refractivity contribution in [2.75, 3.05) is 36.3 Å². The number of anilines is 3. The summed E-state index contributed by atoms with van der Waals surface area (Å²) in [5.41, 5.74) is 1.98. The topological polar surface area (TPSA) is 169 Å². The summed E-state index contributed by atoms with van der Waals surface area (Å²) in [6.45, 7) is 1.19. The Labute approximate surface area is 219 Å². The number of methoxy groups -OCH3 is 1. The molecule has 1 aliphatic heterocycles. The molecule has 196 valence electrons. The zero-order chi connectivity index (χ0) is 26.3. The van der Waals surface area contributed by atoms with E-state index in [1.165, 1.54) is 13.3 Å². The second kappa shape index (κ2) is 11.7. The summed E-state index contributed by atoms with van der Waals surface area (Å²) >= 11 is 0. The van der Waals surface area contributed by atoms with E-state index >= 15 is 0 Å². The van der Waals surface area contributed by atoms with Crippen LogP contribution in [-0.2, 0) is 9.47 Å². The molecule has 0 spiro atoms. The fraction of sp³-hybridized carbons (Fsp3) is 0.400. The van der Waals surface area contributed by atoms with Gasteiger partial charge in [0.1, 0.15) is 29.4 Å². The Morgan fingerprint density at radius 2 is 1.74 bits per heavy atom. The van der Waals surface area contributed by atoms with Gasteiger partial charge in [0.2, 0.25) is 5.95 Å². The summed E-state index contributed by atoms with van der Waals surface area (Å²) in [6.07, 6.45) is 8.68. The van der Waals surface area contributed by atoms with Crippen LogP contribution in [0.3, 0.4) is 0 Å². The Balaban J connectivity index is 1.08. The molecule has 1 amide bonds. The number of nitriles is 1. The molecular weight excluding hydrogens is 490 g/mol. The largest absolute Gasteiger partial charge is 0.467 e. The number of nitrogens with zero attached hydrogens (tertiary/aromatic N) is 6. The SMILES string of the molecule is COc1ncc(-c2ccc(NC(=O)OC3CCC(Nc4ncc(C#N)c(NC5COC5)n4)CC3)nc2)cn1. The first-order valence-electron chi connectivity index (χ1n) is 12.3. The molecule has 38 heavy (non-hydrogen) atoms. The van der Waals surface area contributed by atoms with Crippen LogP contribution in [0.2, 0.25) is 0 Å². The molecule has 1 saturated carbocycles. The predicted octanol–water partition coefficient (Wildman–Crippen LogP) is 2.99. The fourth-order valence-electron chi connectivity index (χ4n) is 4.16. The molecule has 0 aromatic carbocycles. The molecule has 0 radical (unpaired) electrons. The second-order valence-corrected chi connectivity index (χ2v) is 8.99. The third-order valence-electron chi connectivity index (χ3n) is 6.31. The van der Waals surface area contributed by atoms with Gasteiger partial charge in [-0.3, -0.25) is 5.32 Å². The van der Waals surface area contributed by atoms with Crippen molar-refractivity contribution in [2.24, 2.45) is 0 Å². The number of pyridine rings is 1. The van der Waals surface area contributed by atoms with Gasteiger partial charge in [-0.2, -0.15) is 10.2 Å². The van der Waals surface area contributed by atoms with Gasteiger partial charge >= 0.3 is 12.1 Å². The van der Waals surface area contributed by atoms with Crippen LogP contribution in [0.25, 0.3) is 11.1 Å². The van der Waals surface area contributed by atoms with E-state index in [4.69, 9.17) is 14.2 Å². The number of carbonyl (C=O) groups is 1. The summed E-state index contributed by atoms with van der Waals surface area (Å²) in [7, 11) is 1.51. The lowest BCUT2D eigenvalue weighted by atomic mass is 9.93. The molecule has 0 unspecified atom stereocenters. The highest BCUT2D eigenvalue weighted by Gasteiger charge is 2.25. The summed E-state index contributed by atoms with van der Waals surface area (Å²) in [6, 6.07) is 6.20. The lowest BCUT2D eigenvalue weighted by molar-refractivity contribution is 0.0209. The number of ether oxygens (including phenoxy) is 3. The second-order valence-electron chi connectivity index (χ2n) is 8.99. The molecule has 0 bridgehead atoms. The highest BCUT2D eigenvalue weighted by atomic mass is 16.6. The first kappa shape index (κ1) is 25.1. The highest BCUT2D eigenvalue weighted by Crippen LogP contribution is 2.25. The molecule has 0 atom stereocenters. The Morgan fingerprint density at radius 3 is 2.37 bits per heavy atom. The van der Waals surface area contributed by atoms with Crippen LogP contribution in [0.15, 0.2) is 36.9 Å². The van der Waals surface area contributed by atoms with Gasteiger partial charge in [0.05, 0.1) is 32.6 Å². The zero-order valence-electron chi connectivity index (χ0n) is 20.8. The van der Waals surface area contributed by atoms with Gasteiger partial charge in [-0.05, 0) is 37.8 Å². The van der Waals surface area contributed by atoms with Gasteiger partial charge in [-0.15, -0.1) is 0 Å². The number of hydrogen-bond acceptors (Lipinski definition) is 12. The third-order valence-corrected chi connectivity index (χ3v) is 6.31. The van der Waals surface area contributed by atoms with Gasteiger partial charge in [-0.1, -0.05) is 0 Å². The Hall–Kier alpha value is -4.57. The standard InChI is InChI=1S/C25H27N9O4/c1-36-24-29-11-17(12-30-24)15-2-7-21(27-9-15)33-25(35)38-20-5-3-18(4-6-20)32-23-28-10-16(8-26)22(34-23)31-19-13-37-14-19/h2,7,9-12,18-20H,3-6,13-14H2,1H3,(H,27,33,35)(H2,28,31,32,34). The zero-order valence-corrected chi connectivity index (χ0v) is 20.8. The van der Waals surface area contributed by atoms with E-state index in [1.807, 2.05) is 6.07 Å². The summed E-state index contributed by atoms with van der Waals surface area (Å²) < 4.78 is 15.7. The van der Waals surface area contributed by atoms with E-state index in [1.54, 1.807) is 24.7 Å². The van der Waals surface area contributed by atoms with E-state index in [0.29, 0.717) is 49.2 Å². The third kappa shape index (κ3) is 6.22. The maximum atomic E-state index is 12.4. The van der Waals surface area contributed by atoms with Crippen molar-refractivity contribution in [3.05, 3.63) is 42.5 Å². The van der Waals surface area contributed by atoms with Crippen LogP contribution < -0.4 is 20.7 Å². The lowest BCUT2D eigenvalue weighted by Gasteiger charge is -2.29. The van der Waals surface area contributed by atoms with E-state index < -0.39 is 6.09 Å². The molecule has 2 fully saturated rings. The summed E-state index contributed by atoms with van der Waals surface area (Å²) in [4.78, 5) is 33.6. The van der Waals surface area contributed by atoms with Crippen molar-refractivity contribution in [2.45, 2.75) is 43.9 Å². The Morgan fingerprint density at radius 1 is 0.974 bits per heavy atom. The van der Waals surface area contributed by atoms with Gasteiger partial charge in [0.25, 0.3) is 0 Å². The Bertz CT molecular complexity index is 1290. The minimum absolute atomic E-state index is 0.141. The van der Waals surface area contributed by atoms with Gasteiger partial charge in [0, 0.05) is 35.8 Å². The molecular formula is C25H27N9O4. The van der Waals surface area contributed by atoms with Crippen molar-refractivity contribution in [3.63, 3.8) is 0 Å². The van der Waals surface area contributed by atoms with Crippen LogP contribution in [-0.4, -0.2) is 69.5 Å². The van der Waals surface area contributed by atoms with Crippen LogP contribution in [0.5, 0.6) is 6.01 Å². The number of nitrogens with one attached hydrogen (secondary N) is 3. The number of aromatic nitrogens is 5. The molecule has 2 aliphatic rings. The average Bonchev–Trinajstić information content (AvgIpc) is 2.92. The van der Waals surface area contributed by atoms with Crippen molar-refractivity contribution < 1.29 is 19.0 Å². The smallest absolute Gasteiger partial charge is 0.413 e. The number of hydrogen-bond donors (Lipinski definition) is 3. The van der Waals surface area contributed by atoms with E-state index in [9.17, 15) is 10.1 Å². The molecule has 4 heterocycles. The Kier molecular flexibility index (Phi) is 7.70. The molecule has 1 saturated heterocycles. The minimum Gasteiger partial charge on any atom is -0.467 e. The molecule has 5 rings (SSSR count). The molecule has 13 nitrogen and oxygen atoms in total. The fourth-order valence-corrected chi connectivity index (χ4v) is 4.16. The number of rotatable bonds is 8. The van der Waals surface area contributed by atoms with Gasteiger partial charge < -0.3 is 24.8 Å².